The van der Waals surface area contributed by atoms with Crippen LogP contribution in [0.4, 0.5) is 16.2 Å². The van der Waals surface area contributed by atoms with Crippen molar-refractivity contribution in [2.24, 2.45) is 11.8 Å². The minimum atomic E-state index is -3.54. The van der Waals surface area contributed by atoms with E-state index >= 15 is 0 Å². The molecule has 0 bridgehead atoms. The lowest BCUT2D eigenvalue weighted by molar-refractivity contribution is 0.0881. The zero-order chi connectivity index (χ0) is 26.2. The van der Waals surface area contributed by atoms with Gasteiger partial charge in [-0.15, -0.1) is 0 Å². The normalized spacial score (nSPS) is 26.3. The number of piperidine rings is 1. The maximum absolute atomic E-state index is 14.1. The van der Waals surface area contributed by atoms with Crippen LogP contribution in [0.5, 0.6) is 0 Å². The number of aromatic nitrogens is 2. The average Bonchev–Trinajstić information content (AvgIpc) is 3.47. The summed E-state index contributed by atoms with van der Waals surface area (Å²) in [5.41, 5.74) is 1.17. The molecule has 1 aromatic heterocycles. The molecule has 3 aliphatic rings. The number of aliphatic hydroxyl groups is 1. The first-order valence-electron chi connectivity index (χ1n) is 12.7. The molecule has 0 radical (unpaired) electrons. The lowest BCUT2D eigenvalue weighted by atomic mass is 9.93. The number of carbonyl (C=O) groups is 1. The lowest BCUT2D eigenvalue weighted by Crippen LogP contribution is -2.39. The highest BCUT2D eigenvalue weighted by atomic mass is 31.2. The highest BCUT2D eigenvalue weighted by Crippen LogP contribution is 2.46. The van der Waals surface area contributed by atoms with Crippen molar-refractivity contribution in [1.82, 2.24) is 15.3 Å². The molecule has 2 heterocycles. The zero-order valence-electron chi connectivity index (χ0n) is 20.8. The summed E-state index contributed by atoms with van der Waals surface area (Å²) in [5, 5.41) is 15.4. The number of rotatable bonds is 9. The van der Waals surface area contributed by atoms with E-state index in [1.165, 1.54) is 31.4 Å². The predicted octanol–water partition coefficient (Wildman–Crippen LogP) is 3.05. The number of nitrogens with zero attached hydrogens (tertiary/aromatic N) is 3. The van der Waals surface area contributed by atoms with E-state index in [0.29, 0.717) is 60.4 Å². The van der Waals surface area contributed by atoms with Crippen molar-refractivity contribution in [1.29, 1.82) is 0 Å². The van der Waals surface area contributed by atoms with Crippen molar-refractivity contribution in [3.63, 3.8) is 0 Å². The molecular weight excluding hydrogens is 500 g/mol. The molecule has 2 aromatic rings. The average molecular weight is 534 g/mol. The van der Waals surface area contributed by atoms with Crippen molar-refractivity contribution in [2.45, 2.75) is 57.4 Å². The van der Waals surface area contributed by atoms with Crippen LogP contribution in [0.3, 0.4) is 0 Å². The molecule has 0 spiro atoms. The fourth-order valence-corrected chi connectivity index (χ4v) is 6.02. The SMILES string of the molecule is CP(=O)(O)O[C@H]1CC[C@H](NC(=O)c2cnc(N3CC4CC4C3)nc2NCc2ccc(CO)c(F)c2)CC1. The molecule has 1 aromatic carbocycles. The second kappa shape index (κ2) is 10.6. The van der Waals surface area contributed by atoms with Gasteiger partial charge in [0, 0.05) is 44.1 Å². The molecule has 2 aliphatic carbocycles. The summed E-state index contributed by atoms with van der Waals surface area (Å²) in [6.07, 6.45) is 4.91. The van der Waals surface area contributed by atoms with Crippen LogP contribution >= 0.6 is 7.60 Å². The van der Waals surface area contributed by atoms with Crippen molar-refractivity contribution in [3.05, 3.63) is 46.9 Å². The summed E-state index contributed by atoms with van der Waals surface area (Å²) in [6, 6.07) is 4.52. The first-order valence-corrected chi connectivity index (χ1v) is 14.7. The quantitative estimate of drug-likeness (QED) is 0.359. The summed E-state index contributed by atoms with van der Waals surface area (Å²) < 4.78 is 30.9. The smallest absolute Gasteiger partial charge is 0.325 e. The second-order valence-electron chi connectivity index (χ2n) is 10.4. The van der Waals surface area contributed by atoms with Gasteiger partial charge in [-0.05, 0) is 55.6 Å². The van der Waals surface area contributed by atoms with E-state index in [-0.39, 0.29) is 36.8 Å². The minimum Gasteiger partial charge on any atom is -0.392 e. The summed E-state index contributed by atoms with van der Waals surface area (Å²) in [6.45, 7) is 2.87. The van der Waals surface area contributed by atoms with Gasteiger partial charge in [-0.1, -0.05) is 12.1 Å². The highest BCUT2D eigenvalue weighted by molar-refractivity contribution is 7.51. The number of benzene rings is 1. The van der Waals surface area contributed by atoms with Gasteiger partial charge < -0.3 is 30.1 Å². The molecule has 1 saturated heterocycles. The Kier molecular flexibility index (Phi) is 7.49. The Bertz CT molecular complexity index is 1190. The van der Waals surface area contributed by atoms with Crippen LogP contribution in [0.15, 0.2) is 24.4 Å². The number of amides is 1. The van der Waals surface area contributed by atoms with Crippen molar-refractivity contribution in [2.75, 3.05) is 30.0 Å². The van der Waals surface area contributed by atoms with Gasteiger partial charge in [0.2, 0.25) is 5.95 Å². The Morgan fingerprint density at radius 3 is 2.62 bits per heavy atom. The van der Waals surface area contributed by atoms with Crippen LogP contribution in [0.25, 0.3) is 0 Å². The van der Waals surface area contributed by atoms with Crippen LogP contribution < -0.4 is 15.5 Å². The summed E-state index contributed by atoms with van der Waals surface area (Å²) in [5.74, 6) is 1.54. The summed E-state index contributed by atoms with van der Waals surface area (Å²) in [7, 11) is -3.54. The standard InChI is InChI=1S/C25H33FN5O5P/c1-37(34,35)36-20-6-4-19(5-7-20)29-24(33)21-11-28-25(31-12-17-9-18(17)13-31)30-23(21)27-10-15-2-3-16(14-32)22(26)8-15/h2-3,8,11,17-20,32H,4-7,9-10,12-14H2,1H3,(H,29,33)(H,34,35)(H,27,28,30)/t17?,18?,19-,20-. The number of carbonyl (C=O) groups excluding carboxylic acids is 1. The number of anilines is 2. The summed E-state index contributed by atoms with van der Waals surface area (Å²) >= 11 is 0. The first kappa shape index (κ1) is 26.0. The van der Waals surface area contributed by atoms with Crippen molar-refractivity contribution < 1.29 is 28.3 Å². The molecule has 4 N–H and O–H groups in total. The molecule has 37 heavy (non-hydrogen) atoms. The van der Waals surface area contributed by atoms with E-state index in [9.17, 15) is 23.7 Å². The molecule has 10 nitrogen and oxygen atoms in total. The number of halogens is 1. The van der Waals surface area contributed by atoms with Gasteiger partial charge in [0.15, 0.2) is 0 Å². The molecule has 3 fully saturated rings. The first-order chi connectivity index (χ1) is 17.7. The molecule has 2 saturated carbocycles. The van der Waals surface area contributed by atoms with E-state index in [2.05, 4.69) is 25.5 Å². The van der Waals surface area contributed by atoms with Gasteiger partial charge >= 0.3 is 7.60 Å². The van der Waals surface area contributed by atoms with Crippen LogP contribution in [-0.2, 0) is 22.2 Å². The third-order valence-corrected chi connectivity index (χ3v) is 8.07. The maximum atomic E-state index is 14.1. The minimum absolute atomic E-state index is 0.0966. The Balaban J connectivity index is 1.28. The fourth-order valence-electron chi connectivity index (χ4n) is 5.25. The third-order valence-electron chi connectivity index (χ3n) is 7.38. The van der Waals surface area contributed by atoms with E-state index < -0.39 is 13.4 Å². The maximum Gasteiger partial charge on any atom is 0.325 e. The van der Waals surface area contributed by atoms with Crippen molar-refractivity contribution in [3.8, 4) is 0 Å². The van der Waals surface area contributed by atoms with E-state index in [4.69, 9.17) is 4.52 Å². The molecule has 5 rings (SSSR count). The Hall–Kier alpha value is -2.59. The van der Waals surface area contributed by atoms with Gasteiger partial charge in [-0.25, -0.2) is 9.37 Å². The monoisotopic (exact) mass is 533 g/mol. The predicted molar refractivity (Wildman–Crippen MR) is 136 cm³/mol. The molecular formula is C25H33FN5O5P. The van der Waals surface area contributed by atoms with Gasteiger partial charge in [0.1, 0.15) is 17.2 Å². The van der Waals surface area contributed by atoms with Crippen LogP contribution in [-0.4, -0.2) is 57.8 Å². The van der Waals surface area contributed by atoms with Gasteiger partial charge in [0.05, 0.1) is 12.7 Å². The molecule has 3 unspecified atom stereocenters. The van der Waals surface area contributed by atoms with Crippen LogP contribution in [0, 0.1) is 17.7 Å². The van der Waals surface area contributed by atoms with Crippen LogP contribution in [0.2, 0.25) is 0 Å². The Morgan fingerprint density at radius 1 is 1.24 bits per heavy atom. The molecule has 12 heteroatoms. The van der Waals surface area contributed by atoms with Gasteiger partial charge in [-0.2, -0.15) is 4.98 Å². The van der Waals surface area contributed by atoms with E-state index in [0.717, 1.165) is 13.1 Å². The third kappa shape index (κ3) is 6.46. The van der Waals surface area contributed by atoms with E-state index in [1.54, 1.807) is 6.07 Å². The number of hydrogen-bond acceptors (Lipinski definition) is 8. The number of fused-ring (bicyclic) bond motifs is 1. The molecule has 1 amide bonds. The van der Waals surface area contributed by atoms with E-state index in [1.807, 2.05) is 0 Å². The highest BCUT2D eigenvalue weighted by Gasteiger charge is 2.46. The fraction of sp³-hybridized carbons (Fsp3) is 0.560. The topological polar surface area (TPSA) is 137 Å². The van der Waals surface area contributed by atoms with Gasteiger partial charge in [0.25, 0.3) is 5.91 Å². The van der Waals surface area contributed by atoms with Gasteiger partial charge in [-0.3, -0.25) is 9.36 Å². The Morgan fingerprint density at radius 2 is 1.97 bits per heavy atom. The number of nitrogens with one attached hydrogen (secondary N) is 2. The van der Waals surface area contributed by atoms with Crippen molar-refractivity contribution >= 4 is 25.3 Å². The zero-order valence-corrected chi connectivity index (χ0v) is 21.7. The molecule has 200 valence electrons. The second-order valence-corrected chi connectivity index (χ2v) is 12.2. The Labute approximate surface area is 215 Å². The molecule has 3 atom stereocenters. The largest absolute Gasteiger partial charge is 0.392 e. The lowest BCUT2D eigenvalue weighted by Gasteiger charge is -2.29. The molecule has 1 aliphatic heterocycles. The van der Waals surface area contributed by atoms with Crippen LogP contribution in [0.1, 0.15) is 53.6 Å². The number of aliphatic hydroxyl groups excluding tert-OH is 1. The summed E-state index contributed by atoms with van der Waals surface area (Å²) in [4.78, 5) is 34.0. The number of hydrogen-bond donors (Lipinski definition) is 4.